The highest BCUT2D eigenvalue weighted by Gasteiger charge is 2.55. The molecule has 2 heterocycles. The van der Waals surface area contributed by atoms with Gasteiger partial charge in [0.05, 0.1) is 13.2 Å². The predicted molar refractivity (Wildman–Crippen MR) is 92.7 cm³/mol. The minimum atomic E-state index is -0.702. The highest BCUT2D eigenvalue weighted by atomic mass is 32.2. The smallest absolute Gasteiger partial charge is 0.164 e. The first-order valence-corrected chi connectivity index (χ1v) is 9.48. The zero-order valence-electron chi connectivity index (χ0n) is 14.4. The van der Waals surface area contributed by atoms with Crippen molar-refractivity contribution in [2.24, 2.45) is 0 Å². The Balaban J connectivity index is 1.77. The average molecular weight is 354 g/mol. The fourth-order valence-corrected chi connectivity index (χ4v) is 4.20. The third kappa shape index (κ3) is 3.95. The molecule has 2 unspecified atom stereocenters. The Morgan fingerprint density at radius 1 is 1.17 bits per heavy atom. The van der Waals surface area contributed by atoms with Crippen molar-refractivity contribution in [2.75, 3.05) is 12.4 Å². The van der Waals surface area contributed by atoms with Crippen LogP contribution in [0.3, 0.4) is 0 Å². The Morgan fingerprint density at radius 3 is 2.54 bits per heavy atom. The number of benzene rings is 1. The van der Waals surface area contributed by atoms with E-state index >= 15 is 0 Å². The minimum absolute atomic E-state index is 0.0905. The summed E-state index contributed by atoms with van der Waals surface area (Å²) in [5.41, 5.74) is 0.923. The van der Waals surface area contributed by atoms with Gasteiger partial charge in [-0.2, -0.15) is 0 Å². The number of hydrogen-bond acceptors (Lipinski definition) is 6. The summed E-state index contributed by atoms with van der Waals surface area (Å²) in [5.74, 6) is 0.196. The van der Waals surface area contributed by atoms with Crippen LogP contribution in [-0.4, -0.2) is 53.1 Å². The second-order valence-electron chi connectivity index (χ2n) is 6.51. The summed E-state index contributed by atoms with van der Waals surface area (Å²) in [6.45, 7) is 6.25. The number of hydrogen-bond donors (Lipinski definition) is 1. The van der Waals surface area contributed by atoms with E-state index in [1.165, 1.54) is 0 Å². The molecule has 0 spiro atoms. The summed E-state index contributed by atoms with van der Waals surface area (Å²) in [7, 11) is 0. The van der Waals surface area contributed by atoms with Gasteiger partial charge in [-0.15, -0.1) is 11.8 Å². The van der Waals surface area contributed by atoms with Crippen LogP contribution in [0, 0.1) is 0 Å². The van der Waals surface area contributed by atoms with E-state index in [4.69, 9.17) is 18.9 Å². The molecule has 5 atom stereocenters. The molecule has 2 aliphatic rings. The van der Waals surface area contributed by atoms with Gasteiger partial charge in [0.15, 0.2) is 5.79 Å². The van der Waals surface area contributed by atoms with Crippen molar-refractivity contribution in [1.82, 2.24) is 0 Å². The Bertz CT molecular complexity index is 523. The monoisotopic (exact) mass is 354 g/mol. The van der Waals surface area contributed by atoms with Gasteiger partial charge in [-0.25, -0.2) is 0 Å². The average Bonchev–Trinajstić information content (AvgIpc) is 2.89. The van der Waals surface area contributed by atoms with Crippen LogP contribution in [0.4, 0.5) is 0 Å². The Morgan fingerprint density at radius 2 is 1.88 bits per heavy atom. The SMILES string of the molecule is CCS[C@@H]1OC(CO)[C@@H]2OC(C)(C)O[C@@H]2C1OCc1ccccc1. The Kier molecular flexibility index (Phi) is 5.85. The molecular weight excluding hydrogens is 328 g/mol. The second kappa shape index (κ2) is 7.72. The standard InChI is InChI=1S/C18H26O5S/c1-4-24-17-16(20-11-12-8-6-5-7-9-12)15-14(13(10-19)21-17)22-18(2,3)23-15/h5-9,13-17,19H,4,10-11H2,1-3H3/t13?,14-,15-,16?,17-/m0/s1. The highest BCUT2D eigenvalue weighted by Crippen LogP contribution is 2.41. The van der Waals surface area contributed by atoms with E-state index in [9.17, 15) is 5.11 Å². The van der Waals surface area contributed by atoms with Gasteiger partial charge < -0.3 is 24.1 Å². The zero-order chi connectivity index (χ0) is 17.2. The molecule has 5 nitrogen and oxygen atoms in total. The lowest BCUT2D eigenvalue weighted by Crippen LogP contribution is -2.57. The molecule has 1 aromatic rings. The van der Waals surface area contributed by atoms with Crippen molar-refractivity contribution < 1.29 is 24.1 Å². The maximum absolute atomic E-state index is 9.68. The first kappa shape index (κ1) is 18.2. The van der Waals surface area contributed by atoms with Gasteiger partial charge in [0.1, 0.15) is 29.9 Å². The van der Waals surface area contributed by atoms with Crippen LogP contribution in [-0.2, 0) is 25.6 Å². The van der Waals surface area contributed by atoms with E-state index in [1.807, 2.05) is 44.2 Å². The molecule has 134 valence electrons. The number of fused-ring (bicyclic) bond motifs is 1. The van der Waals surface area contributed by atoms with Gasteiger partial charge in [-0.1, -0.05) is 37.3 Å². The molecule has 0 bridgehead atoms. The summed E-state index contributed by atoms with van der Waals surface area (Å²) in [5, 5.41) is 9.68. The van der Waals surface area contributed by atoms with Crippen LogP contribution in [0.15, 0.2) is 30.3 Å². The summed E-state index contributed by atoms with van der Waals surface area (Å²) in [4.78, 5) is 0. The van der Waals surface area contributed by atoms with Gasteiger partial charge in [-0.3, -0.25) is 0 Å². The van der Waals surface area contributed by atoms with Gasteiger partial charge in [0.25, 0.3) is 0 Å². The van der Waals surface area contributed by atoms with Crippen molar-refractivity contribution in [3.63, 3.8) is 0 Å². The van der Waals surface area contributed by atoms with Crippen LogP contribution in [0.25, 0.3) is 0 Å². The quantitative estimate of drug-likeness (QED) is 0.847. The van der Waals surface area contributed by atoms with Crippen molar-refractivity contribution in [2.45, 2.75) is 63.0 Å². The van der Waals surface area contributed by atoms with E-state index in [1.54, 1.807) is 11.8 Å². The minimum Gasteiger partial charge on any atom is -0.394 e. The van der Waals surface area contributed by atoms with Gasteiger partial charge in [-0.05, 0) is 25.2 Å². The van der Waals surface area contributed by atoms with Crippen molar-refractivity contribution in [3.05, 3.63) is 35.9 Å². The molecule has 2 saturated heterocycles. The van der Waals surface area contributed by atoms with Crippen molar-refractivity contribution >= 4 is 11.8 Å². The van der Waals surface area contributed by atoms with Gasteiger partial charge >= 0.3 is 0 Å². The first-order chi connectivity index (χ1) is 11.5. The molecule has 0 aromatic heterocycles. The molecule has 6 heteroatoms. The number of ether oxygens (including phenoxy) is 4. The van der Waals surface area contributed by atoms with Gasteiger partial charge in [0.2, 0.25) is 0 Å². The highest BCUT2D eigenvalue weighted by molar-refractivity contribution is 7.99. The van der Waals surface area contributed by atoms with Crippen LogP contribution in [0.2, 0.25) is 0 Å². The molecule has 2 aliphatic heterocycles. The molecule has 3 rings (SSSR count). The molecule has 1 N–H and O–H groups in total. The normalized spacial score (nSPS) is 34.9. The molecule has 0 saturated carbocycles. The molecule has 2 fully saturated rings. The first-order valence-electron chi connectivity index (χ1n) is 8.43. The lowest BCUT2D eigenvalue weighted by atomic mass is 10.00. The lowest BCUT2D eigenvalue weighted by Gasteiger charge is -2.41. The van der Waals surface area contributed by atoms with Crippen LogP contribution in [0.1, 0.15) is 26.3 Å². The Labute approximate surface area is 147 Å². The van der Waals surface area contributed by atoms with Crippen LogP contribution in [0.5, 0.6) is 0 Å². The third-order valence-corrected chi connectivity index (χ3v) is 5.27. The van der Waals surface area contributed by atoms with E-state index < -0.39 is 11.9 Å². The predicted octanol–water partition coefficient (Wildman–Crippen LogP) is 2.56. The number of thioether (sulfide) groups is 1. The van der Waals surface area contributed by atoms with E-state index in [0.717, 1.165) is 11.3 Å². The number of aliphatic hydroxyl groups is 1. The summed E-state index contributed by atoms with van der Waals surface area (Å²) < 4.78 is 24.3. The molecule has 0 aliphatic carbocycles. The van der Waals surface area contributed by atoms with Crippen molar-refractivity contribution in [1.29, 1.82) is 0 Å². The second-order valence-corrected chi connectivity index (χ2v) is 7.88. The molecule has 24 heavy (non-hydrogen) atoms. The topological polar surface area (TPSA) is 57.2 Å². The van der Waals surface area contributed by atoms with E-state index in [2.05, 4.69) is 6.92 Å². The zero-order valence-corrected chi connectivity index (χ0v) is 15.2. The van der Waals surface area contributed by atoms with E-state index in [0.29, 0.717) is 6.61 Å². The maximum atomic E-state index is 9.68. The molecular formula is C18H26O5S. The molecule has 1 aromatic carbocycles. The van der Waals surface area contributed by atoms with Crippen molar-refractivity contribution in [3.8, 4) is 0 Å². The Hall–Kier alpha value is -0.630. The van der Waals surface area contributed by atoms with Gasteiger partial charge in [0, 0.05) is 0 Å². The summed E-state index contributed by atoms with van der Waals surface area (Å²) >= 11 is 1.67. The molecule has 0 radical (unpaired) electrons. The van der Waals surface area contributed by atoms with E-state index in [-0.39, 0.29) is 30.4 Å². The fraction of sp³-hybridized carbons (Fsp3) is 0.667. The lowest BCUT2D eigenvalue weighted by molar-refractivity contribution is -0.187. The fourth-order valence-electron chi connectivity index (χ4n) is 3.23. The molecule has 0 amide bonds. The number of aliphatic hydroxyl groups excluding tert-OH is 1. The number of rotatable bonds is 6. The van der Waals surface area contributed by atoms with Crippen LogP contribution >= 0.6 is 11.8 Å². The summed E-state index contributed by atoms with van der Waals surface area (Å²) in [6.07, 6.45) is -1.21. The maximum Gasteiger partial charge on any atom is 0.164 e. The third-order valence-electron chi connectivity index (χ3n) is 4.23. The summed E-state index contributed by atoms with van der Waals surface area (Å²) in [6, 6.07) is 10.1. The largest absolute Gasteiger partial charge is 0.394 e. The van der Waals surface area contributed by atoms with Crippen LogP contribution < -0.4 is 0 Å².